The van der Waals surface area contributed by atoms with E-state index < -0.39 is 6.04 Å². The molecule has 0 saturated carbocycles. The lowest BCUT2D eigenvalue weighted by Crippen LogP contribution is -2.47. The van der Waals surface area contributed by atoms with Crippen molar-refractivity contribution in [1.29, 1.82) is 0 Å². The Labute approximate surface area is 136 Å². The molecule has 2 aliphatic rings. The Morgan fingerprint density at radius 2 is 2.29 bits per heavy atom. The van der Waals surface area contributed by atoms with E-state index in [1.807, 2.05) is 26.0 Å². The highest BCUT2D eigenvalue weighted by Crippen LogP contribution is 2.47. The summed E-state index contributed by atoms with van der Waals surface area (Å²) in [5.74, 6) is 0.791. The average Bonchev–Trinajstić information content (AvgIpc) is 2.90. The van der Waals surface area contributed by atoms with Gasteiger partial charge in [-0.3, -0.25) is 4.79 Å². The first-order valence-electron chi connectivity index (χ1n) is 6.85. The van der Waals surface area contributed by atoms with E-state index in [0.717, 1.165) is 16.5 Å². The maximum absolute atomic E-state index is 12.4. The molecule has 0 spiro atoms. The minimum Gasteiger partial charge on any atom is -0.424 e. The number of ether oxygens (including phenoxy) is 1. The van der Waals surface area contributed by atoms with Gasteiger partial charge in [0.05, 0.1) is 9.34 Å². The molecule has 0 unspecified atom stereocenters. The van der Waals surface area contributed by atoms with Gasteiger partial charge in [-0.2, -0.15) is 0 Å². The fourth-order valence-electron chi connectivity index (χ4n) is 2.86. The Hall–Kier alpha value is -1.01. The van der Waals surface area contributed by atoms with Gasteiger partial charge in [-0.15, -0.1) is 11.8 Å². The van der Waals surface area contributed by atoms with Crippen molar-refractivity contribution in [2.24, 2.45) is 0 Å². The van der Waals surface area contributed by atoms with Crippen molar-refractivity contribution in [3.8, 4) is 5.75 Å². The van der Waals surface area contributed by atoms with Crippen molar-refractivity contribution in [3.63, 3.8) is 0 Å². The standard InChI is InChI=1S/C15H16BrNO3S/c1-9-3-4-12(10(16)7-9)20-14(19)11-8-21-15(2)6-5-13(18)17(11)15/h3-4,7,11H,5-6,8H2,1-2H3/t11-,15-/m1/s1. The Morgan fingerprint density at radius 1 is 1.52 bits per heavy atom. The molecular formula is C15H16BrNO3S. The van der Waals surface area contributed by atoms with Crippen LogP contribution < -0.4 is 4.74 Å². The molecule has 0 radical (unpaired) electrons. The molecule has 6 heteroatoms. The smallest absolute Gasteiger partial charge is 0.335 e. The molecule has 1 aromatic rings. The molecule has 21 heavy (non-hydrogen) atoms. The van der Waals surface area contributed by atoms with Crippen LogP contribution in [-0.2, 0) is 9.59 Å². The van der Waals surface area contributed by atoms with Crippen molar-refractivity contribution in [2.45, 2.75) is 37.6 Å². The lowest BCUT2D eigenvalue weighted by atomic mass is 10.2. The van der Waals surface area contributed by atoms with E-state index in [0.29, 0.717) is 17.9 Å². The Balaban J connectivity index is 1.78. The number of carbonyl (C=O) groups excluding carboxylic acids is 2. The lowest BCUT2D eigenvalue weighted by molar-refractivity contribution is -0.146. The van der Waals surface area contributed by atoms with E-state index in [4.69, 9.17) is 4.74 Å². The zero-order valence-electron chi connectivity index (χ0n) is 11.9. The predicted octanol–water partition coefficient (Wildman–Crippen LogP) is 3.12. The van der Waals surface area contributed by atoms with Crippen molar-refractivity contribution < 1.29 is 14.3 Å². The third-order valence-electron chi connectivity index (χ3n) is 4.01. The molecule has 2 atom stereocenters. The second kappa shape index (κ2) is 5.32. The summed E-state index contributed by atoms with van der Waals surface area (Å²) in [6.07, 6.45) is 1.32. The summed E-state index contributed by atoms with van der Waals surface area (Å²) in [4.78, 5) is 25.9. The number of carbonyl (C=O) groups is 2. The van der Waals surface area contributed by atoms with E-state index >= 15 is 0 Å². The third-order valence-corrected chi connectivity index (χ3v) is 6.14. The first-order chi connectivity index (χ1) is 9.90. The van der Waals surface area contributed by atoms with Crippen LogP contribution in [0.1, 0.15) is 25.3 Å². The van der Waals surface area contributed by atoms with Gasteiger partial charge in [0.25, 0.3) is 0 Å². The number of hydrogen-bond acceptors (Lipinski definition) is 4. The van der Waals surface area contributed by atoms with Crippen LogP contribution in [0.4, 0.5) is 0 Å². The number of benzene rings is 1. The molecule has 2 heterocycles. The first-order valence-corrected chi connectivity index (χ1v) is 8.62. The summed E-state index contributed by atoms with van der Waals surface area (Å²) >= 11 is 5.07. The van der Waals surface area contributed by atoms with Crippen LogP contribution in [0.3, 0.4) is 0 Å². The van der Waals surface area contributed by atoms with Gasteiger partial charge in [-0.05, 0) is 53.9 Å². The normalized spacial score (nSPS) is 27.9. The van der Waals surface area contributed by atoms with E-state index in [-0.39, 0.29) is 16.7 Å². The van der Waals surface area contributed by atoms with Crippen molar-refractivity contribution in [3.05, 3.63) is 28.2 Å². The first kappa shape index (κ1) is 14.9. The number of hydrogen-bond donors (Lipinski definition) is 0. The zero-order valence-corrected chi connectivity index (χ0v) is 14.3. The van der Waals surface area contributed by atoms with Gasteiger partial charge in [0, 0.05) is 12.2 Å². The van der Waals surface area contributed by atoms with Gasteiger partial charge in [-0.25, -0.2) is 4.79 Å². The van der Waals surface area contributed by atoms with Crippen LogP contribution in [0.2, 0.25) is 0 Å². The van der Waals surface area contributed by atoms with E-state index in [2.05, 4.69) is 15.9 Å². The van der Waals surface area contributed by atoms with Gasteiger partial charge < -0.3 is 9.64 Å². The topological polar surface area (TPSA) is 46.6 Å². The van der Waals surface area contributed by atoms with Crippen LogP contribution in [-0.4, -0.2) is 33.4 Å². The van der Waals surface area contributed by atoms with Gasteiger partial charge in [0.2, 0.25) is 5.91 Å². The quantitative estimate of drug-likeness (QED) is 0.593. The Bertz CT molecular complexity index is 621. The van der Waals surface area contributed by atoms with Crippen LogP contribution in [0.5, 0.6) is 5.75 Å². The molecule has 2 saturated heterocycles. The summed E-state index contributed by atoms with van der Waals surface area (Å²) in [5, 5.41) is 0. The molecule has 0 bridgehead atoms. The number of rotatable bonds is 2. The number of nitrogens with zero attached hydrogens (tertiary/aromatic N) is 1. The fraction of sp³-hybridized carbons (Fsp3) is 0.467. The van der Waals surface area contributed by atoms with E-state index in [9.17, 15) is 9.59 Å². The largest absolute Gasteiger partial charge is 0.424 e. The van der Waals surface area contributed by atoms with Crippen molar-refractivity contribution in [2.75, 3.05) is 5.75 Å². The lowest BCUT2D eigenvalue weighted by Gasteiger charge is -2.29. The Kier molecular flexibility index (Phi) is 3.78. The highest BCUT2D eigenvalue weighted by atomic mass is 79.9. The third kappa shape index (κ3) is 2.59. The maximum atomic E-state index is 12.4. The SMILES string of the molecule is Cc1ccc(OC(=O)[C@H]2CS[C@]3(C)CCC(=O)N23)c(Br)c1. The molecule has 0 N–H and O–H groups in total. The average molecular weight is 370 g/mol. The number of halogens is 1. The molecule has 1 aromatic carbocycles. The molecule has 1 amide bonds. The minimum absolute atomic E-state index is 0.0485. The molecule has 0 aromatic heterocycles. The number of thioether (sulfide) groups is 1. The van der Waals surface area contributed by atoms with Gasteiger partial charge in [-0.1, -0.05) is 6.07 Å². The van der Waals surface area contributed by atoms with Gasteiger partial charge in [0.1, 0.15) is 11.8 Å². The predicted molar refractivity (Wildman–Crippen MR) is 85.2 cm³/mol. The maximum Gasteiger partial charge on any atom is 0.335 e. The summed E-state index contributed by atoms with van der Waals surface area (Å²) < 4.78 is 6.24. The van der Waals surface area contributed by atoms with Crippen molar-refractivity contribution in [1.82, 2.24) is 4.90 Å². The van der Waals surface area contributed by atoms with Crippen LogP contribution >= 0.6 is 27.7 Å². The summed E-state index contributed by atoms with van der Waals surface area (Å²) in [7, 11) is 0. The number of aryl methyl sites for hydroxylation is 1. The van der Waals surface area contributed by atoms with E-state index in [1.54, 1.807) is 22.7 Å². The number of amides is 1. The highest BCUT2D eigenvalue weighted by Gasteiger charge is 2.53. The number of esters is 1. The van der Waals surface area contributed by atoms with Crippen LogP contribution in [0.25, 0.3) is 0 Å². The molecule has 2 aliphatic heterocycles. The molecule has 0 aliphatic carbocycles. The second-order valence-electron chi connectivity index (χ2n) is 5.62. The Morgan fingerprint density at radius 3 is 3.00 bits per heavy atom. The summed E-state index contributed by atoms with van der Waals surface area (Å²) in [6, 6.07) is 5.08. The molecule has 4 nitrogen and oxygen atoms in total. The van der Waals surface area contributed by atoms with E-state index in [1.165, 1.54) is 0 Å². The summed E-state index contributed by atoms with van der Waals surface area (Å²) in [6.45, 7) is 4.00. The molecular weight excluding hydrogens is 354 g/mol. The molecule has 3 rings (SSSR count). The van der Waals surface area contributed by atoms with Crippen molar-refractivity contribution >= 4 is 39.6 Å². The van der Waals surface area contributed by atoms with Gasteiger partial charge >= 0.3 is 5.97 Å². The molecule has 2 fully saturated rings. The monoisotopic (exact) mass is 369 g/mol. The van der Waals surface area contributed by atoms with Gasteiger partial charge in [0.15, 0.2) is 0 Å². The zero-order chi connectivity index (χ0) is 15.2. The van der Waals surface area contributed by atoms with Crippen LogP contribution in [0, 0.1) is 6.92 Å². The van der Waals surface area contributed by atoms with Crippen LogP contribution in [0.15, 0.2) is 22.7 Å². The number of fused-ring (bicyclic) bond motifs is 1. The summed E-state index contributed by atoms with van der Waals surface area (Å²) in [5.41, 5.74) is 1.08. The highest BCUT2D eigenvalue weighted by molar-refractivity contribution is 9.10. The second-order valence-corrected chi connectivity index (χ2v) is 7.98. The molecule has 112 valence electrons. The minimum atomic E-state index is -0.483. The fourth-order valence-corrected chi connectivity index (χ4v) is 4.85.